The van der Waals surface area contributed by atoms with Crippen LogP contribution in [-0.2, 0) is 6.54 Å². The summed E-state index contributed by atoms with van der Waals surface area (Å²) >= 11 is 0. The molecule has 2 rings (SSSR count). The minimum absolute atomic E-state index is 0.381. The molecule has 0 bridgehead atoms. The third-order valence-electron chi connectivity index (χ3n) is 2.00. The number of nitrogens with one attached hydrogen (secondary N) is 1. The summed E-state index contributed by atoms with van der Waals surface area (Å²) in [6.07, 6.45) is 3.49. The first-order valence-corrected chi connectivity index (χ1v) is 4.53. The highest BCUT2D eigenvalue weighted by Gasteiger charge is 2.10. The Hall–Kier alpha value is -2.22. The third-order valence-corrected chi connectivity index (χ3v) is 2.00. The largest absolute Gasteiger partial charge is 0.364 e. The summed E-state index contributed by atoms with van der Waals surface area (Å²) < 4.78 is 0. The van der Waals surface area contributed by atoms with Crippen molar-refractivity contribution in [3.8, 4) is 6.07 Å². The number of rotatable bonds is 3. The second kappa shape index (κ2) is 4.33. The maximum atomic E-state index is 8.75. The lowest BCUT2D eigenvalue weighted by atomic mass is 10.2. The molecule has 1 N–H and O–H groups in total. The molecule has 0 spiro atoms. The van der Waals surface area contributed by atoms with Crippen molar-refractivity contribution in [1.29, 1.82) is 5.26 Å². The molecule has 1 aliphatic heterocycles. The Morgan fingerprint density at radius 2 is 2.47 bits per heavy atom. The van der Waals surface area contributed by atoms with Crippen LogP contribution in [-0.4, -0.2) is 11.5 Å². The van der Waals surface area contributed by atoms with E-state index in [1.54, 1.807) is 12.4 Å². The molecular weight excluding hydrogens is 190 g/mol. The van der Waals surface area contributed by atoms with Gasteiger partial charge >= 0.3 is 0 Å². The lowest BCUT2D eigenvalue weighted by Crippen LogP contribution is -2.12. The van der Waals surface area contributed by atoms with E-state index in [1.165, 1.54) is 0 Å². The van der Waals surface area contributed by atoms with Crippen molar-refractivity contribution in [2.75, 3.05) is 6.54 Å². The first-order chi connectivity index (χ1) is 7.40. The lowest BCUT2D eigenvalue weighted by Gasteiger charge is -2.03. The van der Waals surface area contributed by atoms with Gasteiger partial charge in [0.25, 0.3) is 0 Å². The van der Waals surface area contributed by atoms with Crippen LogP contribution in [0.1, 0.15) is 5.56 Å². The molecule has 0 amide bonds. The second-order valence-corrected chi connectivity index (χ2v) is 3.05. The number of nitrogens with zero attached hydrogens (tertiary/aromatic N) is 4. The first kappa shape index (κ1) is 9.34. The summed E-state index contributed by atoms with van der Waals surface area (Å²) in [6.45, 7) is 0.985. The highest BCUT2D eigenvalue weighted by Crippen LogP contribution is 2.11. The molecular formula is C10H9N5. The van der Waals surface area contributed by atoms with Crippen LogP contribution in [0.5, 0.6) is 0 Å². The fraction of sp³-hybridized carbons (Fsp3) is 0.200. The first-order valence-electron chi connectivity index (χ1n) is 4.53. The SMILES string of the molecule is N#CC1=C(NCc2cccnc2)N=NC1. The van der Waals surface area contributed by atoms with E-state index in [1.807, 2.05) is 12.1 Å². The zero-order valence-electron chi connectivity index (χ0n) is 8.01. The Morgan fingerprint density at radius 1 is 1.53 bits per heavy atom. The van der Waals surface area contributed by atoms with Crippen LogP contribution in [0.15, 0.2) is 46.1 Å². The average Bonchev–Trinajstić information content (AvgIpc) is 2.75. The van der Waals surface area contributed by atoms with Crippen LogP contribution in [0.2, 0.25) is 0 Å². The van der Waals surface area contributed by atoms with Crippen molar-refractivity contribution < 1.29 is 0 Å². The molecule has 5 heteroatoms. The van der Waals surface area contributed by atoms with E-state index in [-0.39, 0.29) is 0 Å². The van der Waals surface area contributed by atoms with Gasteiger partial charge in [0.2, 0.25) is 0 Å². The van der Waals surface area contributed by atoms with E-state index in [0.717, 1.165) is 5.56 Å². The van der Waals surface area contributed by atoms with Crippen LogP contribution < -0.4 is 5.32 Å². The third kappa shape index (κ3) is 2.17. The van der Waals surface area contributed by atoms with E-state index in [0.29, 0.717) is 24.5 Å². The summed E-state index contributed by atoms with van der Waals surface area (Å²) in [4.78, 5) is 3.99. The Morgan fingerprint density at radius 3 is 3.20 bits per heavy atom. The van der Waals surface area contributed by atoms with Gasteiger partial charge in [0.1, 0.15) is 6.07 Å². The van der Waals surface area contributed by atoms with Crippen LogP contribution in [0.25, 0.3) is 0 Å². The van der Waals surface area contributed by atoms with E-state index < -0.39 is 0 Å². The molecule has 0 radical (unpaired) electrons. The molecule has 0 saturated carbocycles. The maximum absolute atomic E-state index is 8.75. The normalized spacial score (nSPS) is 14.1. The van der Waals surface area contributed by atoms with Gasteiger partial charge in [-0.15, -0.1) is 5.11 Å². The topological polar surface area (TPSA) is 73.4 Å². The van der Waals surface area contributed by atoms with Crippen molar-refractivity contribution >= 4 is 0 Å². The number of aromatic nitrogens is 1. The van der Waals surface area contributed by atoms with Gasteiger partial charge < -0.3 is 5.32 Å². The van der Waals surface area contributed by atoms with Gasteiger partial charge in [-0.25, -0.2) is 0 Å². The predicted octanol–water partition coefficient (Wildman–Crippen LogP) is 1.37. The number of hydrogen-bond donors (Lipinski definition) is 1. The van der Waals surface area contributed by atoms with Crippen LogP contribution >= 0.6 is 0 Å². The summed E-state index contributed by atoms with van der Waals surface area (Å²) in [5.41, 5.74) is 1.63. The monoisotopic (exact) mass is 199 g/mol. The molecule has 0 fully saturated rings. The minimum Gasteiger partial charge on any atom is -0.364 e. The van der Waals surface area contributed by atoms with Gasteiger partial charge in [0.15, 0.2) is 5.82 Å². The summed E-state index contributed by atoms with van der Waals surface area (Å²) in [7, 11) is 0. The van der Waals surface area contributed by atoms with Gasteiger partial charge in [-0.1, -0.05) is 6.07 Å². The Kier molecular flexibility index (Phi) is 2.70. The van der Waals surface area contributed by atoms with Crippen molar-refractivity contribution in [3.63, 3.8) is 0 Å². The maximum Gasteiger partial charge on any atom is 0.164 e. The van der Waals surface area contributed by atoms with Crippen LogP contribution in [0.3, 0.4) is 0 Å². The smallest absolute Gasteiger partial charge is 0.164 e. The minimum atomic E-state index is 0.381. The van der Waals surface area contributed by atoms with E-state index in [2.05, 4.69) is 26.6 Å². The van der Waals surface area contributed by atoms with E-state index in [4.69, 9.17) is 5.26 Å². The standard InChI is InChI=1S/C10H9N5/c11-4-9-7-14-15-10(9)13-6-8-2-1-3-12-5-8/h1-3,5,13H,6-7H2. The van der Waals surface area contributed by atoms with Gasteiger partial charge in [-0.05, 0) is 11.6 Å². The van der Waals surface area contributed by atoms with Crippen LogP contribution in [0, 0.1) is 11.3 Å². The van der Waals surface area contributed by atoms with Crippen LogP contribution in [0.4, 0.5) is 0 Å². The van der Waals surface area contributed by atoms with Crippen molar-refractivity contribution in [1.82, 2.24) is 10.3 Å². The summed E-state index contributed by atoms with van der Waals surface area (Å²) in [5.74, 6) is 0.571. The van der Waals surface area contributed by atoms with Crippen molar-refractivity contribution in [2.24, 2.45) is 10.2 Å². The van der Waals surface area contributed by atoms with E-state index >= 15 is 0 Å². The molecule has 2 heterocycles. The molecule has 74 valence electrons. The summed E-state index contributed by atoms with van der Waals surface area (Å²) in [6, 6.07) is 5.89. The molecule has 1 aromatic heterocycles. The Balaban J connectivity index is 2.00. The Bertz CT molecular complexity index is 441. The highest BCUT2D eigenvalue weighted by molar-refractivity contribution is 5.30. The molecule has 0 aliphatic carbocycles. The number of nitriles is 1. The zero-order valence-corrected chi connectivity index (χ0v) is 8.01. The fourth-order valence-electron chi connectivity index (χ4n) is 1.23. The summed E-state index contributed by atoms with van der Waals surface area (Å²) in [5, 5.41) is 19.4. The van der Waals surface area contributed by atoms with Gasteiger partial charge in [-0.2, -0.15) is 10.4 Å². The molecule has 0 saturated heterocycles. The lowest BCUT2D eigenvalue weighted by molar-refractivity contribution is 0.787. The van der Waals surface area contributed by atoms with Crippen molar-refractivity contribution in [2.45, 2.75) is 6.54 Å². The highest BCUT2D eigenvalue weighted by atomic mass is 15.2. The van der Waals surface area contributed by atoms with Gasteiger partial charge in [0.05, 0.1) is 12.1 Å². The zero-order chi connectivity index (χ0) is 10.5. The Labute approximate surface area is 87.2 Å². The average molecular weight is 199 g/mol. The van der Waals surface area contributed by atoms with Gasteiger partial charge in [0, 0.05) is 18.9 Å². The second-order valence-electron chi connectivity index (χ2n) is 3.05. The van der Waals surface area contributed by atoms with Crippen molar-refractivity contribution in [3.05, 3.63) is 41.5 Å². The fourth-order valence-corrected chi connectivity index (χ4v) is 1.23. The molecule has 15 heavy (non-hydrogen) atoms. The quantitative estimate of drug-likeness (QED) is 0.798. The number of azo groups is 1. The number of pyridine rings is 1. The van der Waals surface area contributed by atoms with E-state index in [9.17, 15) is 0 Å². The molecule has 5 nitrogen and oxygen atoms in total. The predicted molar refractivity (Wildman–Crippen MR) is 53.4 cm³/mol. The molecule has 0 unspecified atom stereocenters. The van der Waals surface area contributed by atoms with Gasteiger partial charge in [-0.3, -0.25) is 4.98 Å². The molecule has 0 aromatic carbocycles. The molecule has 0 atom stereocenters. The number of hydrogen-bond acceptors (Lipinski definition) is 5. The molecule has 1 aliphatic rings. The molecule has 1 aromatic rings.